The molecule has 0 radical (unpaired) electrons. The van der Waals surface area contributed by atoms with Crippen molar-refractivity contribution >= 4 is 34.7 Å². The second kappa shape index (κ2) is 7.57. The van der Waals surface area contributed by atoms with Crippen molar-refractivity contribution in [2.75, 3.05) is 5.75 Å². The highest BCUT2D eigenvalue weighted by Gasteiger charge is 2.42. The summed E-state index contributed by atoms with van der Waals surface area (Å²) in [5.74, 6) is 1.81. The van der Waals surface area contributed by atoms with E-state index in [9.17, 15) is 9.59 Å². The molecule has 0 spiro atoms. The Morgan fingerprint density at radius 1 is 1.27 bits per heavy atom. The average Bonchev–Trinajstić information content (AvgIpc) is 3.30. The molecule has 0 unspecified atom stereocenters. The van der Waals surface area contributed by atoms with E-state index in [0.717, 1.165) is 41.9 Å². The molecule has 0 bridgehead atoms. The fraction of sp³-hybridized carbons (Fsp3) is 0.500. The van der Waals surface area contributed by atoms with Crippen molar-refractivity contribution in [2.24, 2.45) is 0 Å². The third-order valence-corrected chi connectivity index (χ3v) is 6.48. The number of benzene rings is 1. The van der Waals surface area contributed by atoms with Gasteiger partial charge in [-0.3, -0.25) is 4.79 Å². The summed E-state index contributed by atoms with van der Waals surface area (Å²) in [5, 5.41) is 9.34. The lowest BCUT2D eigenvalue weighted by atomic mass is 10.0. The topological polar surface area (TPSA) is 98.9 Å². The van der Waals surface area contributed by atoms with Crippen molar-refractivity contribution in [2.45, 2.75) is 49.6 Å². The van der Waals surface area contributed by atoms with Gasteiger partial charge >= 0.3 is 6.03 Å². The van der Waals surface area contributed by atoms with Gasteiger partial charge in [0.15, 0.2) is 0 Å². The number of carbonyl (C=O) groups is 2. The SMILES string of the molecule is O=C(CCCC[C@@H]1SC[C@H]2NC(=O)N[C@H]12)NCc1nc2ccccc2[nH]1. The molecule has 2 aliphatic heterocycles. The molecule has 3 atom stereocenters. The van der Waals surface area contributed by atoms with Gasteiger partial charge in [0, 0.05) is 17.4 Å². The maximum Gasteiger partial charge on any atom is 0.315 e. The van der Waals surface area contributed by atoms with E-state index in [0.29, 0.717) is 18.2 Å². The zero-order valence-corrected chi connectivity index (χ0v) is 15.3. The van der Waals surface area contributed by atoms with E-state index in [-0.39, 0.29) is 24.0 Å². The minimum absolute atomic E-state index is 0.0461. The summed E-state index contributed by atoms with van der Waals surface area (Å²) in [7, 11) is 0. The molecule has 3 amide bonds. The molecule has 1 aromatic carbocycles. The summed E-state index contributed by atoms with van der Waals surface area (Å²) in [6.07, 6.45) is 3.41. The van der Waals surface area contributed by atoms with Crippen LogP contribution in [-0.2, 0) is 11.3 Å². The van der Waals surface area contributed by atoms with Crippen LogP contribution in [0, 0.1) is 0 Å². The first-order chi connectivity index (χ1) is 12.7. The molecule has 2 saturated heterocycles. The van der Waals surface area contributed by atoms with Crippen LogP contribution in [0.1, 0.15) is 31.5 Å². The van der Waals surface area contributed by atoms with Crippen LogP contribution in [0.15, 0.2) is 24.3 Å². The number of urea groups is 1. The van der Waals surface area contributed by atoms with Crippen molar-refractivity contribution in [3.63, 3.8) is 0 Å². The number of nitrogens with zero attached hydrogens (tertiary/aromatic N) is 1. The monoisotopic (exact) mass is 373 g/mol. The Balaban J connectivity index is 1.15. The van der Waals surface area contributed by atoms with Gasteiger partial charge in [-0.05, 0) is 25.0 Å². The number of thioether (sulfide) groups is 1. The molecular formula is C18H23N5O2S. The summed E-state index contributed by atoms with van der Waals surface area (Å²) in [6, 6.07) is 8.30. The number of aromatic nitrogens is 2. The summed E-state index contributed by atoms with van der Waals surface area (Å²) in [4.78, 5) is 31.1. The molecule has 1 aromatic heterocycles. The maximum atomic E-state index is 12.0. The van der Waals surface area contributed by atoms with Gasteiger partial charge in [-0.1, -0.05) is 18.6 Å². The van der Waals surface area contributed by atoms with Crippen LogP contribution in [0.25, 0.3) is 11.0 Å². The second-order valence-corrected chi connectivity index (χ2v) is 8.12. The van der Waals surface area contributed by atoms with E-state index < -0.39 is 0 Å². The number of unbranched alkanes of at least 4 members (excludes halogenated alkanes) is 1. The molecule has 0 saturated carbocycles. The van der Waals surface area contributed by atoms with Crippen LogP contribution in [0.2, 0.25) is 0 Å². The Hall–Kier alpha value is -2.22. The first-order valence-electron chi connectivity index (χ1n) is 9.08. The molecule has 8 heteroatoms. The number of hydrogen-bond acceptors (Lipinski definition) is 4. The Bertz CT molecular complexity index is 775. The van der Waals surface area contributed by atoms with E-state index >= 15 is 0 Å². The third-order valence-electron chi connectivity index (χ3n) is 4.97. The molecule has 2 fully saturated rings. The van der Waals surface area contributed by atoms with Gasteiger partial charge in [0.2, 0.25) is 5.91 Å². The molecule has 7 nitrogen and oxygen atoms in total. The largest absolute Gasteiger partial charge is 0.349 e. The van der Waals surface area contributed by atoms with Crippen molar-refractivity contribution in [1.82, 2.24) is 25.9 Å². The van der Waals surface area contributed by atoms with Crippen LogP contribution < -0.4 is 16.0 Å². The van der Waals surface area contributed by atoms with Gasteiger partial charge < -0.3 is 20.9 Å². The van der Waals surface area contributed by atoms with Gasteiger partial charge in [0.1, 0.15) is 5.82 Å². The summed E-state index contributed by atoms with van der Waals surface area (Å²) >= 11 is 1.91. The molecule has 4 N–H and O–H groups in total. The Morgan fingerprint density at radius 3 is 3.04 bits per heavy atom. The summed E-state index contributed by atoms with van der Waals surface area (Å²) in [6.45, 7) is 0.424. The quantitative estimate of drug-likeness (QED) is 0.440. The van der Waals surface area contributed by atoms with Crippen LogP contribution in [-0.4, -0.2) is 45.0 Å². The first kappa shape index (κ1) is 17.2. The smallest absolute Gasteiger partial charge is 0.315 e. The van der Waals surface area contributed by atoms with Gasteiger partial charge in [0.05, 0.1) is 29.7 Å². The average molecular weight is 373 g/mol. The minimum Gasteiger partial charge on any atom is -0.349 e. The first-order valence-corrected chi connectivity index (χ1v) is 10.1. The Kier molecular flexibility index (Phi) is 5.01. The Morgan fingerprint density at radius 2 is 2.15 bits per heavy atom. The van der Waals surface area contributed by atoms with Crippen LogP contribution in [0.5, 0.6) is 0 Å². The maximum absolute atomic E-state index is 12.0. The molecular weight excluding hydrogens is 350 g/mol. The van der Waals surface area contributed by atoms with Crippen molar-refractivity contribution < 1.29 is 9.59 Å². The Labute approximate surface area is 156 Å². The number of H-pyrrole nitrogens is 1. The summed E-state index contributed by atoms with van der Waals surface area (Å²) < 4.78 is 0. The molecule has 2 aromatic rings. The zero-order valence-electron chi connectivity index (χ0n) is 14.5. The highest BCUT2D eigenvalue weighted by atomic mass is 32.2. The van der Waals surface area contributed by atoms with Gasteiger partial charge in [-0.25, -0.2) is 9.78 Å². The van der Waals surface area contributed by atoms with Gasteiger partial charge in [0.25, 0.3) is 0 Å². The van der Waals surface area contributed by atoms with Crippen LogP contribution in [0.4, 0.5) is 4.79 Å². The number of amides is 3. The van der Waals surface area contributed by atoms with E-state index in [2.05, 4.69) is 25.9 Å². The number of hydrogen-bond donors (Lipinski definition) is 4. The number of aromatic amines is 1. The van der Waals surface area contributed by atoms with Crippen LogP contribution in [0.3, 0.4) is 0 Å². The third kappa shape index (κ3) is 3.80. The zero-order chi connectivity index (χ0) is 17.9. The molecule has 3 heterocycles. The lowest BCUT2D eigenvalue weighted by molar-refractivity contribution is -0.121. The molecule has 4 rings (SSSR count). The number of rotatable bonds is 7. The van der Waals surface area contributed by atoms with Crippen LogP contribution >= 0.6 is 11.8 Å². The molecule has 26 heavy (non-hydrogen) atoms. The fourth-order valence-electron chi connectivity index (χ4n) is 3.63. The second-order valence-electron chi connectivity index (χ2n) is 6.85. The summed E-state index contributed by atoms with van der Waals surface area (Å²) in [5.41, 5.74) is 1.90. The van der Waals surface area contributed by atoms with E-state index in [1.54, 1.807) is 0 Å². The number of fused-ring (bicyclic) bond motifs is 2. The van der Waals surface area contributed by atoms with Gasteiger partial charge in [-0.2, -0.15) is 11.8 Å². The standard InChI is InChI=1S/C18H23N5O2S/c24-16(19-9-15-20-11-5-1-2-6-12(11)21-15)8-4-3-7-14-17-13(10-26-14)22-18(25)23-17/h1-2,5-6,13-14,17H,3-4,7-10H2,(H,19,24)(H,20,21)(H2,22,23,25)/t13-,14+,17+/m1/s1. The highest BCUT2D eigenvalue weighted by molar-refractivity contribution is 8.00. The van der Waals surface area contributed by atoms with Crippen molar-refractivity contribution in [3.8, 4) is 0 Å². The normalized spacial score (nSPS) is 24.3. The van der Waals surface area contributed by atoms with E-state index in [1.807, 2.05) is 36.0 Å². The molecule has 138 valence electrons. The predicted octanol–water partition coefficient (Wildman–Crippen LogP) is 1.90. The molecule has 0 aliphatic carbocycles. The lowest BCUT2D eigenvalue weighted by Crippen LogP contribution is -2.36. The number of imidazole rings is 1. The fourth-order valence-corrected chi connectivity index (χ4v) is 5.18. The number of carbonyl (C=O) groups excluding carboxylic acids is 2. The lowest BCUT2D eigenvalue weighted by Gasteiger charge is -2.16. The van der Waals surface area contributed by atoms with Gasteiger partial charge in [-0.15, -0.1) is 0 Å². The number of para-hydroxylation sites is 2. The number of nitrogens with one attached hydrogen (secondary N) is 4. The van der Waals surface area contributed by atoms with E-state index in [4.69, 9.17) is 0 Å². The highest BCUT2D eigenvalue weighted by Crippen LogP contribution is 2.33. The van der Waals surface area contributed by atoms with Crippen molar-refractivity contribution in [3.05, 3.63) is 30.1 Å². The van der Waals surface area contributed by atoms with Crippen molar-refractivity contribution in [1.29, 1.82) is 0 Å². The predicted molar refractivity (Wildman–Crippen MR) is 102 cm³/mol. The molecule has 2 aliphatic rings. The minimum atomic E-state index is -0.0461. The van der Waals surface area contributed by atoms with E-state index in [1.165, 1.54) is 0 Å².